The molecule has 0 aliphatic heterocycles. The fourth-order valence-corrected chi connectivity index (χ4v) is 7.26. The lowest BCUT2D eigenvalue weighted by molar-refractivity contribution is 0.444. The molecular weight excluding hydrogens is 705 g/mol. The summed E-state index contributed by atoms with van der Waals surface area (Å²) in [5.74, 6) is -2.65. The van der Waals surface area contributed by atoms with Crippen LogP contribution < -0.4 is 41.7 Å². The Bertz CT molecular complexity index is 2850. The minimum atomic E-state index is -0.332. The third kappa shape index (κ3) is 5.73. The van der Waals surface area contributed by atoms with Crippen LogP contribution in [0, 0.1) is 0 Å². The highest BCUT2D eigenvalue weighted by atomic mass is 16.3. The third-order valence-corrected chi connectivity index (χ3v) is 10.4. The number of hydrogen-bond acceptors (Lipinski definition) is 8. The number of hydrogen-bond donors (Lipinski definition) is 8. The molecule has 0 fully saturated rings. The maximum Gasteiger partial charge on any atom is 0.165 e. The molecule has 0 amide bonds. The quantitative estimate of drug-likeness (QED) is 0.111. The SMILES string of the molecule is OC1=c2ccc3cc(ccc3c2)=C(O)C(O)=c2ccc3cc(ccc3c2)=C(O)C(O)=c2ccc3cc(ccc3c2)=C(O)C(O)=c2ccc3cc(ccc3c2)=C1O. The normalized spacial score (nSPS) is 14.0. The van der Waals surface area contributed by atoms with Crippen molar-refractivity contribution in [3.8, 4) is 0 Å². The molecule has 8 heteroatoms. The van der Waals surface area contributed by atoms with Gasteiger partial charge >= 0.3 is 0 Å². The smallest absolute Gasteiger partial charge is 0.165 e. The summed E-state index contributed by atoms with van der Waals surface area (Å²) in [6, 6.07) is 40.8. The summed E-state index contributed by atoms with van der Waals surface area (Å²) in [6.07, 6.45) is 0. The molecule has 0 saturated carbocycles. The predicted octanol–water partition coefficient (Wildman–Crippen LogP) is 4.74. The molecule has 0 unspecified atom stereocenters. The van der Waals surface area contributed by atoms with Gasteiger partial charge in [-0.2, -0.15) is 0 Å². The Balaban J connectivity index is 1.31. The molecule has 56 heavy (non-hydrogen) atoms. The van der Waals surface area contributed by atoms with E-state index in [0.717, 1.165) is 0 Å². The highest BCUT2D eigenvalue weighted by Crippen LogP contribution is 2.16. The van der Waals surface area contributed by atoms with Gasteiger partial charge in [0.05, 0.1) is 0 Å². The lowest BCUT2D eigenvalue weighted by Gasteiger charge is -2.06. The summed E-state index contributed by atoms with van der Waals surface area (Å²) in [6.45, 7) is 0. The number of aliphatic hydroxyl groups excluding tert-OH is 8. The van der Waals surface area contributed by atoms with Crippen molar-refractivity contribution in [2.24, 2.45) is 0 Å². The second-order valence-electron chi connectivity index (χ2n) is 13.9. The molecule has 23 rings (SSSR count). The van der Waals surface area contributed by atoms with Crippen LogP contribution >= 0.6 is 0 Å². The topological polar surface area (TPSA) is 162 Å². The maximum atomic E-state index is 11.2. The fraction of sp³-hybridized carbons (Fsp3) is 0. The van der Waals surface area contributed by atoms with Crippen LogP contribution in [-0.2, 0) is 0 Å². The second kappa shape index (κ2) is 12.9. The van der Waals surface area contributed by atoms with Crippen LogP contribution in [0.1, 0.15) is 0 Å². The van der Waals surface area contributed by atoms with Gasteiger partial charge in [-0.05, 0) is 91.6 Å². The lowest BCUT2D eigenvalue weighted by atomic mass is 10.0. The van der Waals surface area contributed by atoms with Crippen LogP contribution in [0.5, 0.6) is 0 Å². The van der Waals surface area contributed by atoms with Crippen LogP contribution in [0.3, 0.4) is 0 Å². The largest absolute Gasteiger partial charge is 0.504 e. The van der Waals surface area contributed by atoms with Gasteiger partial charge in [-0.3, -0.25) is 0 Å². The van der Waals surface area contributed by atoms with Gasteiger partial charge in [-0.15, -0.1) is 0 Å². The van der Waals surface area contributed by atoms with E-state index in [0.29, 0.717) is 84.8 Å². The van der Waals surface area contributed by atoms with E-state index in [1.165, 1.54) is 0 Å². The van der Waals surface area contributed by atoms with Crippen molar-refractivity contribution >= 4 is 89.2 Å². The van der Waals surface area contributed by atoms with Crippen LogP contribution in [0.15, 0.2) is 146 Å². The highest BCUT2D eigenvalue weighted by molar-refractivity contribution is 5.92. The van der Waals surface area contributed by atoms with Gasteiger partial charge in [0, 0.05) is 41.7 Å². The summed E-state index contributed by atoms with van der Waals surface area (Å²) < 4.78 is 0. The first-order valence-corrected chi connectivity index (χ1v) is 17.7. The van der Waals surface area contributed by atoms with Crippen molar-refractivity contribution in [1.29, 1.82) is 0 Å². The number of rotatable bonds is 0. The fourth-order valence-electron chi connectivity index (χ4n) is 7.26. The highest BCUT2D eigenvalue weighted by Gasteiger charge is 2.11. The Morgan fingerprint density at radius 2 is 0.268 bits per heavy atom. The van der Waals surface area contributed by atoms with E-state index in [1.807, 2.05) is 0 Å². The minimum absolute atomic E-state index is 0.332. The summed E-state index contributed by atoms with van der Waals surface area (Å²) in [5.41, 5.74) is 0. The first-order valence-electron chi connectivity index (χ1n) is 17.7. The van der Waals surface area contributed by atoms with Crippen molar-refractivity contribution in [1.82, 2.24) is 0 Å². The molecule has 0 spiro atoms. The molecule has 272 valence electrons. The molecule has 15 aliphatic carbocycles. The Morgan fingerprint density at radius 1 is 0.161 bits per heavy atom. The zero-order valence-electron chi connectivity index (χ0n) is 29.4. The summed E-state index contributed by atoms with van der Waals surface area (Å²) in [7, 11) is 0. The molecule has 0 atom stereocenters. The van der Waals surface area contributed by atoms with Crippen molar-refractivity contribution in [2.45, 2.75) is 0 Å². The summed E-state index contributed by atoms with van der Waals surface area (Å²) in [5, 5.41) is 97.9. The van der Waals surface area contributed by atoms with Crippen LogP contribution in [0.2, 0.25) is 0 Å². The molecule has 8 aromatic rings. The Morgan fingerprint density at radius 3 is 0.375 bits per heavy atom. The maximum absolute atomic E-state index is 11.2. The van der Waals surface area contributed by atoms with Gasteiger partial charge in [0.1, 0.15) is 0 Å². The zero-order valence-corrected chi connectivity index (χ0v) is 29.4. The van der Waals surface area contributed by atoms with E-state index in [-0.39, 0.29) is 46.1 Å². The standard InChI is InChI=1S/C48H32O8/c49-41-33-9-1-25-17-34(10-2-26(25)18-33)42(50)44(52)36-12-4-30-22-38(14-6-29(30)20-36)46(54)48(56)40-16-8-31-23-39(15-7-32(31)24-40)47(55)45(53)37-13-5-27-19-35(43(41)51)11-3-28(27)21-37/h1-24,49-56H. The number of benzene rings is 8. The monoisotopic (exact) mass is 736 g/mol. The molecule has 15 aliphatic rings. The lowest BCUT2D eigenvalue weighted by Crippen LogP contribution is -2.16. The van der Waals surface area contributed by atoms with Crippen molar-refractivity contribution in [3.05, 3.63) is 187 Å². The predicted molar refractivity (Wildman–Crippen MR) is 221 cm³/mol. The van der Waals surface area contributed by atoms with E-state index in [9.17, 15) is 40.9 Å². The van der Waals surface area contributed by atoms with E-state index in [4.69, 9.17) is 0 Å². The Hall–Kier alpha value is -7.84. The average molecular weight is 737 g/mol. The first-order chi connectivity index (χ1) is 27.0. The third-order valence-electron chi connectivity index (χ3n) is 10.4. The van der Waals surface area contributed by atoms with E-state index >= 15 is 0 Å². The van der Waals surface area contributed by atoms with Crippen LogP contribution in [0.4, 0.5) is 0 Å². The number of aliphatic hydroxyl groups is 8. The second-order valence-corrected chi connectivity index (χ2v) is 13.9. The molecular formula is C48H32O8. The Labute approximate surface area is 316 Å². The molecule has 8 N–H and O–H groups in total. The summed E-state index contributed by atoms with van der Waals surface area (Å²) >= 11 is 0. The van der Waals surface area contributed by atoms with E-state index < -0.39 is 0 Å². The van der Waals surface area contributed by atoms with Crippen LogP contribution in [0.25, 0.3) is 89.2 Å². The molecule has 0 saturated heterocycles. The van der Waals surface area contributed by atoms with Crippen LogP contribution in [-0.4, -0.2) is 40.9 Å². The van der Waals surface area contributed by atoms with Gasteiger partial charge in [-0.1, -0.05) is 97.1 Å². The summed E-state index contributed by atoms with van der Waals surface area (Å²) in [4.78, 5) is 0. The van der Waals surface area contributed by atoms with Gasteiger partial charge in [0.15, 0.2) is 46.1 Å². The molecule has 0 radical (unpaired) electrons. The van der Waals surface area contributed by atoms with E-state index in [2.05, 4.69) is 0 Å². The van der Waals surface area contributed by atoms with Crippen molar-refractivity contribution in [3.63, 3.8) is 0 Å². The van der Waals surface area contributed by atoms with Gasteiger partial charge < -0.3 is 40.9 Å². The molecule has 0 aromatic heterocycles. The van der Waals surface area contributed by atoms with Gasteiger partial charge in [0.2, 0.25) is 0 Å². The molecule has 8 aromatic carbocycles. The van der Waals surface area contributed by atoms with E-state index in [1.54, 1.807) is 146 Å². The minimum Gasteiger partial charge on any atom is -0.504 e. The van der Waals surface area contributed by atoms with Crippen molar-refractivity contribution in [2.75, 3.05) is 0 Å². The van der Waals surface area contributed by atoms with Gasteiger partial charge in [-0.25, -0.2) is 0 Å². The molecule has 16 bridgehead atoms. The zero-order chi connectivity index (χ0) is 38.8. The Kier molecular flexibility index (Phi) is 7.84. The molecule has 0 heterocycles. The van der Waals surface area contributed by atoms with Crippen molar-refractivity contribution < 1.29 is 40.9 Å². The first kappa shape index (κ1) is 34.0. The average Bonchev–Trinajstić information content (AvgIpc) is 3.25. The molecule has 8 nitrogen and oxygen atoms in total. The van der Waals surface area contributed by atoms with Gasteiger partial charge in [0.25, 0.3) is 0 Å².